The Morgan fingerprint density at radius 2 is 2.30 bits per heavy atom. The molecular formula is C16H24ClNO2. The highest BCUT2D eigenvalue weighted by molar-refractivity contribution is 6.30. The SMILES string of the molecule is CC1CCC(CNCC(O)COc2cccc(Cl)c2)C1. The molecule has 1 aromatic carbocycles. The van der Waals surface area contributed by atoms with Gasteiger partial charge in [0.1, 0.15) is 18.5 Å². The van der Waals surface area contributed by atoms with Crippen LogP contribution in [0.15, 0.2) is 24.3 Å². The molecule has 1 aliphatic rings. The van der Waals surface area contributed by atoms with Gasteiger partial charge in [-0.05, 0) is 49.4 Å². The summed E-state index contributed by atoms with van der Waals surface area (Å²) < 4.78 is 5.51. The van der Waals surface area contributed by atoms with Crippen molar-refractivity contribution in [3.8, 4) is 5.75 Å². The number of hydrogen-bond acceptors (Lipinski definition) is 3. The van der Waals surface area contributed by atoms with Gasteiger partial charge in [-0.2, -0.15) is 0 Å². The molecule has 4 heteroatoms. The molecule has 3 unspecified atom stereocenters. The summed E-state index contributed by atoms with van der Waals surface area (Å²) >= 11 is 5.87. The van der Waals surface area contributed by atoms with Gasteiger partial charge >= 0.3 is 0 Å². The molecule has 0 aromatic heterocycles. The van der Waals surface area contributed by atoms with E-state index in [1.54, 1.807) is 12.1 Å². The van der Waals surface area contributed by atoms with Crippen molar-refractivity contribution in [1.29, 1.82) is 0 Å². The molecule has 0 heterocycles. The molecule has 1 fully saturated rings. The van der Waals surface area contributed by atoms with Crippen LogP contribution in [0.25, 0.3) is 0 Å². The second kappa shape index (κ2) is 7.87. The van der Waals surface area contributed by atoms with Crippen LogP contribution in [0.2, 0.25) is 5.02 Å². The lowest BCUT2D eigenvalue weighted by atomic mass is 10.1. The Morgan fingerprint density at radius 1 is 1.45 bits per heavy atom. The van der Waals surface area contributed by atoms with E-state index in [1.807, 2.05) is 12.1 Å². The average Bonchev–Trinajstić information content (AvgIpc) is 2.82. The lowest BCUT2D eigenvalue weighted by molar-refractivity contribution is 0.105. The Labute approximate surface area is 126 Å². The monoisotopic (exact) mass is 297 g/mol. The molecular weight excluding hydrogens is 274 g/mol. The van der Waals surface area contributed by atoms with Crippen LogP contribution in [0.5, 0.6) is 5.75 Å². The fourth-order valence-electron chi connectivity index (χ4n) is 2.77. The molecule has 1 saturated carbocycles. The summed E-state index contributed by atoms with van der Waals surface area (Å²) in [6.07, 6.45) is 3.46. The van der Waals surface area contributed by atoms with Crippen molar-refractivity contribution in [2.45, 2.75) is 32.3 Å². The topological polar surface area (TPSA) is 41.5 Å². The van der Waals surface area contributed by atoms with Gasteiger partial charge in [0, 0.05) is 11.6 Å². The molecule has 0 aliphatic heterocycles. The lowest BCUT2D eigenvalue weighted by Crippen LogP contribution is -2.33. The fourth-order valence-corrected chi connectivity index (χ4v) is 2.95. The van der Waals surface area contributed by atoms with Crippen LogP contribution in [0.4, 0.5) is 0 Å². The Hall–Kier alpha value is -0.770. The summed E-state index contributed by atoms with van der Waals surface area (Å²) in [7, 11) is 0. The van der Waals surface area contributed by atoms with Crippen molar-refractivity contribution in [2.24, 2.45) is 11.8 Å². The fraction of sp³-hybridized carbons (Fsp3) is 0.625. The molecule has 20 heavy (non-hydrogen) atoms. The highest BCUT2D eigenvalue weighted by Gasteiger charge is 2.20. The average molecular weight is 298 g/mol. The van der Waals surface area contributed by atoms with E-state index in [-0.39, 0.29) is 6.61 Å². The van der Waals surface area contributed by atoms with Crippen molar-refractivity contribution in [3.63, 3.8) is 0 Å². The minimum absolute atomic E-state index is 0.286. The van der Waals surface area contributed by atoms with Gasteiger partial charge in [-0.3, -0.25) is 0 Å². The largest absolute Gasteiger partial charge is 0.491 e. The Kier molecular flexibility index (Phi) is 6.14. The molecule has 0 radical (unpaired) electrons. The first kappa shape index (κ1) is 15.6. The maximum Gasteiger partial charge on any atom is 0.120 e. The summed E-state index contributed by atoms with van der Waals surface area (Å²) in [5.74, 6) is 2.32. The first-order valence-electron chi connectivity index (χ1n) is 7.40. The highest BCUT2D eigenvalue weighted by atomic mass is 35.5. The maximum atomic E-state index is 9.89. The van der Waals surface area contributed by atoms with E-state index in [4.69, 9.17) is 16.3 Å². The summed E-state index contributed by atoms with van der Waals surface area (Å²) in [6, 6.07) is 7.23. The van der Waals surface area contributed by atoms with E-state index in [2.05, 4.69) is 12.2 Å². The van der Waals surface area contributed by atoms with Crippen LogP contribution in [0.1, 0.15) is 26.2 Å². The predicted molar refractivity (Wildman–Crippen MR) is 82.3 cm³/mol. The minimum Gasteiger partial charge on any atom is -0.491 e. The number of halogens is 1. The van der Waals surface area contributed by atoms with Gasteiger partial charge in [-0.1, -0.05) is 31.0 Å². The lowest BCUT2D eigenvalue weighted by Gasteiger charge is -2.15. The number of aliphatic hydroxyl groups excluding tert-OH is 1. The second-order valence-electron chi connectivity index (χ2n) is 5.86. The van der Waals surface area contributed by atoms with Crippen molar-refractivity contribution < 1.29 is 9.84 Å². The molecule has 112 valence electrons. The standard InChI is InChI=1S/C16H24ClNO2/c1-12-5-6-13(7-12)9-18-10-15(19)11-20-16-4-2-3-14(17)8-16/h2-4,8,12-13,15,18-19H,5-7,9-11H2,1H3. The van der Waals surface area contributed by atoms with Gasteiger partial charge in [-0.25, -0.2) is 0 Å². The number of ether oxygens (including phenoxy) is 1. The van der Waals surface area contributed by atoms with Crippen molar-refractivity contribution in [3.05, 3.63) is 29.3 Å². The molecule has 2 N–H and O–H groups in total. The molecule has 0 saturated heterocycles. The van der Waals surface area contributed by atoms with Crippen molar-refractivity contribution in [1.82, 2.24) is 5.32 Å². The highest BCUT2D eigenvalue weighted by Crippen LogP contribution is 2.29. The third-order valence-electron chi connectivity index (χ3n) is 3.85. The zero-order valence-electron chi connectivity index (χ0n) is 12.0. The van der Waals surface area contributed by atoms with Gasteiger partial charge in [0.2, 0.25) is 0 Å². The predicted octanol–water partition coefficient (Wildman–Crippen LogP) is 3.11. The summed E-state index contributed by atoms with van der Waals surface area (Å²) in [5, 5.41) is 13.9. The minimum atomic E-state index is -0.493. The molecule has 0 bridgehead atoms. The molecule has 1 aromatic rings. The molecule has 1 aliphatic carbocycles. The maximum absolute atomic E-state index is 9.89. The van der Waals surface area contributed by atoms with Gasteiger partial charge in [0.25, 0.3) is 0 Å². The van der Waals surface area contributed by atoms with E-state index in [9.17, 15) is 5.11 Å². The van der Waals surface area contributed by atoms with Crippen molar-refractivity contribution in [2.75, 3.05) is 19.7 Å². The zero-order valence-corrected chi connectivity index (χ0v) is 12.8. The third-order valence-corrected chi connectivity index (χ3v) is 4.09. The molecule has 0 amide bonds. The molecule has 2 rings (SSSR count). The number of benzene rings is 1. The molecule has 3 atom stereocenters. The van der Waals surface area contributed by atoms with Crippen LogP contribution < -0.4 is 10.1 Å². The summed E-state index contributed by atoms with van der Waals surface area (Å²) in [5.41, 5.74) is 0. The van der Waals surface area contributed by atoms with E-state index in [0.29, 0.717) is 17.3 Å². The molecule has 3 nitrogen and oxygen atoms in total. The Morgan fingerprint density at radius 3 is 3.00 bits per heavy atom. The van der Waals surface area contributed by atoms with Crippen molar-refractivity contribution >= 4 is 11.6 Å². The number of aliphatic hydroxyl groups is 1. The smallest absolute Gasteiger partial charge is 0.120 e. The van der Waals surface area contributed by atoms with Crippen LogP contribution in [-0.2, 0) is 0 Å². The van der Waals surface area contributed by atoms with Crippen LogP contribution in [0.3, 0.4) is 0 Å². The zero-order chi connectivity index (χ0) is 14.4. The van der Waals surface area contributed by atoms with Gasteiger partial charge in [0.15, 0.2) is 0 Å². The van der Waals surface area contributed by atoms with E-state index in [1.165, 1.54) is 19.3 Å². The van der Waals surface area contributed by atoms with Gasteiger partial charge in [-0.15, -0.1) is 0 Å². The van der Waals surface area contributed by atoms with Gasteiger partial charge in [0.05, 0.1) is 0 Å². The first-order valence-corrected chi connectivity index (χ1v) is 7.78. The van der Waals surface area contributed by atoms with Crippen LogP contribution in [0, 0.1) is 11.8 Å². The normalized spacial score (nSPS) is 23.8. The van der Waals surface area contributed by atoms with Crippen LogP contribution >= 0.6 is 11.6 Å². The second-order valence-corrected chi connectivity index (χ2v) is 6.30. The Bertz CT molecular complexity index is 413. The van der Waals surface area contributed by atoms with E-state index >= 15 is 0 Å². The van der Waals surface area contributed by atoms with Crippen LogP contribution in [-0.4, -0.2) is 30.9 Å². The molecule has 0 spiro atoms. The van der Waals surface area contributed by atoms with E-state index < -0.39 is 6.10 Å². The Balaban J connectivity index is 1.59. The summed E-state index contributed by atoms with van der Waals surface area (Å²) in [4.78, 5) is 0. The van der Waals surface area contributed by atoms with Gasteiger partial charge < -0.3 is 15.2 Å². The summed E-state index contributed by atoms with van der Waals surface area (Å²) in [6.45, 7) is 4.17. The third kappa shape index (κ3) is 5.31. The van der Waals surface area contributed by atoms with E-state index in [0.717, 1.165) is 18.4 Å². The number of rotatable bonds is 7. The quantitative estimate of drug-likeness (QED) is 0.812. The number of nitrogens with one attached hydrogen (secondary N) is 1. The first-order chi connectivity index (χ1) is 9.63. The number of hydrogen-bond donors (Lipinski definition) is 2.